The number of ether oxygens (including phenoxy) is 1. The molecule has 3 atom stereocenters. The highest BCUT2D eigenvalue weighted by Crippen LogP contribution is 2.31. The largest absolute Gasteiger partial charge is 0.504 e. The number of hydrogen-bond donors (Lipinski definition) is 5. The number of rotatable bonds is 6. The smallest absolute Gasteiger partial charge is 0.167 e. The van der Waals surface area contributed by atoms with Gasteiger partial charge in [0.1, 0.15) is 18.7 Å². The Kier molecular flexibility index (Phi) is 4.99. The van der Waals surface area contributed by atoms with Crippen LogP contribution in [-0.2, 0) is 11.2 Å². The second kappa shape index (κ2) is 7.58. The van der Waals surface area contributed by atoms with Crippen LogP contribution in [0, 0.1) is 0 Å². The quantitative estimate of drug-likeness (QED) is 0.382. The first-order valence-electron chi connectivity index (χ1n) is 8.93. The first-order chi connectivity index (χ1) is 13.6. The van der Waals surface area contributed by atoms with Crippen molar-refractivity contribution >= 4 is 17.0 Å². The Balaban J connectivity index is 1.48. The molecule has 0 radical (unpaired) electrons. The van der Waals surface area contributed by atoms with Crippen LogP contribution in [0.5, 0.6) is 11.5 Å². The van der Waals surface area contributed by atoms with Crippen molar-refractivity contribution in [3.05, 3.63) is 36.4 Å². The molecule has 2 aromatic heterocycles. The summed E-state index contributed by atoms with van der Waals surface area (Å²) in [7, 11) is 0. The number of imidazole rings is 1. The van der Waals surface area contributed by atoms with Crippen molar-refractivity contribution in [1.29, 1.82) is 0 Å². The van der Waals surface area contributed by atoms with Crippen LogP contribution in [0.3, 0.4) is 0 Å². The van der Waals surface area contributed by atoms with Crippen LogP contribution < -0.4 is 5.32 Å². The maximum absolute atomic E-state index is 9.95. The summed E-state index contributed by atoms with van der Waals surface area (Å²) in [4.78, 5) is 12.9. The summed E-state index contributed by atoms with van der Waals surface area (Å²) < 4.78 is 7.39. The lowest BCUT2D eigenvalue weighted by molar-refractivity contribution is -0.0432. The molecule has 0 spiro atoms. The molecular formula is C18H21N5O5. The van der Waals surface area contributed by atoms with Crippen LogP contribution in [0.2, 0.25) is 0 Å². The number of nitrogens with zero attached hydrogens (tertiary/aromatic N) is 4. The molecule has 1 fully saturated rings. The molecule has 3 aromatic rings. The SMILES string of the molecule is OC[C@H]1O[C@@H](n2cnc3c(NCCc4ccc(O)c(O)c4)ncnc32)CC1O. The number of aliphatic hydroxyl groups is 2. The third kappa shape index (κ3) is 3.44. The molecular weight excluding hydrogens is 366 g/mol. The molecule has 1 saturated heterocycles. The molecule has 10 nitrogen and oxygen atoms in total. The Morgan fingerprint density at radius 3 is 2.79 bits per heavy atom. The van der Waals surface area contributed by atoms with Gasteiger partial charge in [-0.05, 0) is 24.1 Å². The fourth-order valence-electron chi connectivity index (χ4n) is 3.29. The molecule has 4 rings (SSSR count). The van der Waals surface area contributed by atoms with E-state index in [1.54, 1.807) is 17.0 Å². The van der Waals surface area contributed by atoms with Crippen molar-refractivity contribution < 1.29 is 25.2 Å². The maximum atomic E-state index is 9.95. The van der Waals surface area contributed by atoms with E-state index in [-0.39, 0.29) is 18.1 Å². The van der Waals surface area contributed by atoms with E-state index in [4.69, 9.17) is 4.74 Å². The Morgan fingerprint density at radius 2 is 2.04 bits per heavy atom. The van der Waals surface area contributed by atoms with E-state index < -0.39 is 18.4 Å². The highest BCUT2D eigenvalue weighted by molar-refractivity contribution is 5.82. The molecule has 0 bridgehead atoms. The summed E-state index contributed by atoms with van der Waals surface area (Å²) in [5.41, 5.74) is 2.00. The monoisotopic (exact) mass is 387 g/mol. The van der Waals surface area contributed by atoms with Gasteiger partial charge in [0.15, 0.2) is 28.5 Å². The summed E-state index contributed by atoms with van der Waals surface area (Å²) in [5.74, 6) is 0.257. The van der Waals surface area contributed by atoms with Gasteiger partial charge in [-0.25, -0.2) is 15.0 Å². The molecule has 0 saturated carbocycles. The van der Waals surface area contributed by atoms with Gasteiger partial charge in [-0.15, -0.1) is 0 Å². The normalized spacial score (nSPS) is 22.0. The second-order valence-corrected chi connectivity index (χ2v) is 6.66. The molecule has 1 unspecified atom stereocenters. The fourth-order valence-corrected chi connectivity index (χ4v) is 3.29. The van der Waals surface area contributed by atoms with Crippen LogP contribution >= 0.6 is 0 Å². The van der Waals surface area contributed by atoms with Gasteiger partial charge in [0.25, 0.3) is 0 Å². The molecule has 10 heteroatoms. The number of aromatic hydroxyl groups is 2. The van der Waals surface area contributed by atoms with E-state index in [9.17, 15) is 20.4 Å². The predicted molar refractivity (Wildman–Crippen MR) is 98.9 cm³/mol. The molecule has 5 N–H and O–H groups in total. The van der Waals surface area contributed by atoms with E-state index in [1.807, 2.05) is 0 Å². The van der Waals surface area contributed by atoms with Gasteiger partial charge in [-0.1, -0.05) is 6.07 Å². The summed E-state index contributed by atoms with van der Waals surface area (Å²) in [5, 5.41) is 41.4. The molecule has 28 heavy (non-hydrogen) atoms. The predicted octanol–water partition coefficient (Wildman–Crippen LogP) is 0.533. The first kappa shape index (κ1) is 18.4. The standard InChI is InChI=1S/C18H21N5O5/c24-7-14-13(27)6-15(28-14)23-9-22-16-17(20-8-21-18(16)23)19-4-3-10-1-2-11(25)12(26)5-10/h1-2,5,8-9,13-15,24-27H,3-4,6-7H2,(H,19,20,21)/t13?,14-,15-/m1/s1. The zero-order valence-electron chi connectivity index (χ0n) is 14.9. The zero-order valence-corrected chi connectivity index (χ0v) is 14.9. The highest BCUT2D eigenvalue weighted by Gasteiger charge is 2.35. The molecule has 148 valence electrons. The van der Waals surface area contributed by atoms with E-state index in [0.29, 0.717) is 36.4 Å². The summed E-state index contributed by atoms with van der Waals surface area (Å²) in [6.45, 7) is 0.285. The topological polar surface area (TPSA) is 146 Å². The second-order valence-electron chi connectivity index (χ2n) is 6.66. The number of nitrogens with one attached hydrogen (secondary N) is 1. The number of aromatic nitrogens is 4. The van der Waals surface area contributed by atoms with Gasteiger partial charge in [0, 0.05) is 13.0 Å². The minimum absolute atomic E-state index is 0.151. The summed E-state index contributed by atoms with van der Waals surface area (Å²) >= 11 is 0. The zero-order chi connectivity index (χ0) is 19.7. The van der Waals surface area contributed by atoms with Gasteiger partial charge in [-0.2, -0.15) is 0 Å². The number of anilines is 1. The van der Waals surface area contributed by atoms with Crippen LogP contribution in [0.1, 0.15) is 18.2 Å². The minimum atomic E-state index is -0.742. The third-order valence-electron chi connectivity index (χ3n) is 4.80. The van der Waals surface area contributed by atoms with E-state index in [0.717, 1.165) is 5.56 Å². The van der Waals surface area contributed by atoms with E-state index in [2.05, 4.69) is 20.3 Å². The third-order valence-corrected chi connectivity index (χ3v) is 4.80. The van der Waals surface area contributed by atoms with Crippen molar-refractivity contribution in [3.8, 4) is 11.5 Å². The van der Waals surface area contributed by atoms with Crippen LogP contribution in [-0.4, -0.2) is 65.3 Å². The Hall–Kier alpha value is -2.95. The van der Waals surface area contributed by atoms with Gasteiger partial charge >= 0.3 is 0 Å². The Labute approximate surface area is 160 Å². The lowest BCUT2D eigenvalue weighted by atomic mass is 10.1. The maximum Gasteiger partial charge on any atom is 0.167 e. The first-order valence-corrected chi connectivity index (χ1v) is 8.93. The summed E-state index contributed by atoms with van der Waals surface area (Å²) in [6.07, 6.45) is 2.13. The van der Waals surface area contributed by atoms with Gasteiger partial charge < -0.3 is 30.5 Å². The number of fused-ring (bicyclic) bond motifs is 1. The average Bonchev–Trinajstić information content (AvgIpc) is 3.28. The number of phenolic OH excluding ortho intramolecular Hbond substituents is 2. The number of aliphatic hydroxyl groups excluding tert-OH is 2. The molecule has 0 amide bonds. The van der Waals surface area contributed by atoms with Gasteiger partial charge in [0.05, 0.1) is 19.0 Å². The van der Waals surface area contributed by atoms with Crippen LogP contribution in [0.15, 0.2) is 30.9 Å². The Morgan fingerprint density at radius 1 is 1.18 bits per heavy atom. The molecule has 3 heterocycles. The van der Waals surface area contributed by atoms with Crippen molar-refractivity contribution in [3.63, 3.8) is 0 Å². The summed E-state index contributed by atoms with van der Waals surface area (Å²) in [6, 6.07) is 4.70. The lowest BCUT2D eigenvalue weighted by Gasteiger charge is -2.13. The highest BCUT2D eigenvalue weighted by atomic mass is 16.5. The molecule has 0 aliphatic carbocycles. The fraction of sp³-hybridized carbons (Fsp3) is 0.389. The molecule has 1 aromatic carbocycles. The van der Waals surface area contributed by atoms with Crippen molar-refractivity contribution in [2.75, 3.05) is 18.5 Å². The number of phenols is 2. The van der Waals surface area contributed by atoms with E-state index >= 15 is 0 Å². The van der Waals surface area contributed by atoms with E-state index in [1.165, 1.54) is 18.5 Å². The van der Waals surface area contributed by atoms with Crippen LogP contribution in [0.25, 0.3) is 11.2 Å². The molecule has 1 aliphatic rings. The average molecular weight is 387 g/mol. The molecule has 1 aliphatic heterocycles. The lowest BCUT2D eigenvalue weighted by Crippen LogP contribution is -2.24. The Bertz CT molecular complexity index is 978. The van der Waals surface area contributed by atoms with Crippen molar-refractivity contribution in [2.45, 2.75) is 31.3 Å². The minimum Gasteiger partial charge on any atom is -0.504 e. The number of hydrogen-bond acceptors (Lipinski definition) is 9. The van der Waals surface area contributed by atoms with Gasteiger partial charge in [0.2, 0.25) is 0 Å². The number of benzene rings is 1. The van der Waals surface area contributed by atoms with Gasteiger partial charge in [-0.3, -0.25) is 4.57 Å². The van der Waals surface area contributed by atoms with Crippen LogP contribution in [0.4, 0.5) is 5.82 Å². The van der Waals surface area contributed by atoms with Crippen molar-refractivity contribution in [1.82, 2.24) is 19.5 Å². The van der Waals surface area contributed by atoms with Crippen molar-refractivity contribution in [2.24, 2.45) is 0 Å².